The highest BCUT2D eigenvalue weighted by atomic mass is 32.2. The molecule has 0 radical (unpaired) electrons. The summed E-state index contributed by atoms with van der Waals surface area (Å²) in [5, 5.41) is 2.75. The Hall–Kier alpha value is -2.58. The maximum Gasteiger partial charge on any atom is 0.263 e. The van der Waals surface area contributed by atoms with Crippen molar-refractivity contribution < 1.29 is 22.7 Å². The monoisotopic (exact) mass is 404 g/mol. The molecule has 2 aromatic rings. The third-order valence-corrected chi connectivity index (χ3v) is 5.48. The second-order valence-electron chi connectivity index (χ2n) is 6.70. The summed E-state index contributed by atoms with van der Waals surface area (Å²) >= 11 is 0. The maximum absolute atomic E-state index is 12.5. The summed E-state index contributed by atoms with van der Waals surface area (Å²) < 4.78 is 36.8. The van der Waals surface area contributed by atoms with Crippen LogP contribution in [0.3, 0.4) is 0 Å². The van der Waals surface area contributed by atoms with E-state index in [-0.39, 0.29) is 12.5 Å². The Labute approximate surface area is 165 Å². The van der Waals surface area contributed by atoms with Crippen molar-refractivity contribution in [2.75, 3.05) is 30.3 Å². The average Bonchev–Trinajstić information content (AvgIpc) is 2.66. The number of rotatable bonds is 7. The van der Waals surface area contributed by atoms with Gasteiger partial charge in [0, 0.05) is 6.54 Å². The molecule has 1 heterocycles. The van der Waals surface area contributed by atoms with Gasteiger partial charge >= 0.3 is 0 Å². The highest BCUT2D eigenvalue weighted by Gasteiger charge is 2.34. The third kappa shape index (κ3) is 5.02. The minimum absolute atomic E-state index is 0.0639. The molecule has 0 spiro atoms. The van der Waals surface area contributed by atoms with Crippen molar-refractivity contribution >= 4 is 21.6 Å². The van der Waals surface area contributed by atoms with Crippen LogP contribution in [0, 0.1) is 6.92 Å². The number of carbonyl (C=O) groups is 1. The van der Waals surface area contributed by atoms with E-state index in [0.717, 1.165) is 17.4 Å². The zero-order valence-electron chi connectivity index (χ0n) is 15.9. The van der Waals surface area contributed by atoms with Gasteiger partial charge in [-0.05, 0) is 30.2 Å². The smallest absolute Gasteiger partial charge is 0.263 e. The predicted molar refractivity (Wildman–Crippen MR) is 107 cm³/mol. The fourth-order valence-corrected chi connectivity index (χ4v) is 3.85. The van der Waals surface area contributed by atoms with Crippen LogP contribution in [0.2, 0.25) is 0 Å². The normalized spacial score (nSPS) is 16.2. The average molecular weight is 404 g/mol. The van der Waals surface area contributed by atoms with E-state index in [1.165, 1.54) is 4.31 Å². The molecule has 0 saturated heterocycles. The van der Waals surface area contributed by atoms with Crippen molar-refractivity contribution in [2.45, 2.75) is 19.6 Å². The van der Waals surface area contributed by atoms with Gasteiger partial charge in [0.2, 0.25) is 10.0 Å². The first-order valence-corrected chi connectivity index (χ1v) is 10.8. The molecule has 7 nitrogen and oxygen atoms in total. The van der Waals surface area contributed by atoms with E-state index in [2.05, 4.69) is 5.32 Å². The second kappa shape index (κ2) is 8.62. The van der Waals surface area contributed by atoms with Gasteiger partial charge in [-0.25, -0.2) is 8.42 Å². The Morgan fingerprint density at radius 3 is 2.71 bits per heavy atom. The van der Waals surface area contributed by atoms with E-state index in [4.69, 9.17) is 9.47 Å². The largest absolute Gasteiger partial charge is 0.476 e. The summed E-state index contributed by atoms with van der Waals surface area (Å²) in [4.78, 5) is 12.5. The zero-order chi connectivity index (χ0) is 20.1. The molecular weight excluding hydrogens is 380 g/mol. The highest BCUT2D eigenvalue weighted by Crippen LogP contribution is 2.35. The zero-order valence-corrected chi connectivity index (χ0v) is 16.7. The van der Waals surface area contributed by atoms with Gasteiger partial charge in [-0.1, -0.05) is 36.4 Å². The lowest BCUT2D eigenvalue weighted by atomic mass is 10.1. The summed E-state index contributed by atoms with van der Waals surface area (Å²) in [5.41, 5.74) is 2.42. The number of fused-ring (bicyclic) bond motifs is 1. The van der Waals surface area contributed by atoms with Crippen LogP contribution in [0.4, 0.5) is 5.69 Å². The van der Waals surface area contributed by atoms with Crippen LogP contribution in [0.25, 0.3) is 0 Å². The van der Waals surface area contributed by atoms with Crippen LogP contribution in [0.15, 0.2) is 48.5 Å². The number of carbonyl (C=O) groups excluding carboxylic acids is 1. The van der Waals surface area contributed by atoms with Crippen molar-refractivity contribution in [3.8, 4) is 5.75 Å². The second-order valence-corrected chi connectivity index (χ2v) is 8.61. The first-order valence-electron chi connectivity index (χ1n) is 8.99. The molecule has 1 N–H and O–H groups in total. The predicted octanol–water partition coefficient (Wildman–Crippen LogP) is 1.86. The van der Waals surface area contributed by atoms with Gasteiger partial charge in [-0.3, -0.25) is 9.10 Å². The summed E-state index contributed by atoms with van der Waals surface area (Å²) in [5.74, 6) is 0.0151. The Balaban J connectivity index is 1.56. The number of hydrogen-bond donors (Lipinski definition) is 1. The van der Waals surface area contributed by atoms with E-state index in [0.29, 0.717) is 31.2 Å². The molecule has 8 heteroatoms. The lowest BCUT2D eigenvalue weighted by molar-refractivity contribution is -0.128. The number of hydrogen-bond acceptors (Lipinski definition) is 5. The van der Waals surface area contributed by atoms with Gasteiger partial charge in [0.05, 0.1) is 31.7 Å². The summed E-state index contributed by atoms with van der Waals surface area (Å²) in [6, 6.07) is 15.0. The number of amides is 1. The van der Waals surface area contributed by atoms with Gasteiger partial charge in [0.15, 0.2) is 6.10 Å². The lowest BCUT2D eigenvalue weighted by Crippen LogP contribution is -2.50. The summed E-state index contributed by atoms with van der Waals surface area (Å²) in [6.07, 6.45) is 0.201. The summed E-state index contributed by atoms with van der Waals surface area (Å²) in [7, 11) is -3.53. The number of ether oxygens (including phenoxy) is 2. The lowest BCUT2D eigenvalue weighted by Gasteiger charge is -2.34. The number of nitrogens with one attached hydrogen (secondary N) is 1. The van der Waals surface area contributed by atoms with Gasteiger partial charge in [0.25, 0.3) is 5.91 Å². The molecule has 1 aliphatic heterocycles. The van der Waals surface area contributed by atoms with Gasteiger partial charge < -0.3 is 14.8 Å². The van der Waals surface area contributed by atoms with Crippen LogP contribution in [-0.2, 0) is 26.2 Å². The Morgan fingerprint density at radius 1 is 1.25 bits per heavy atom. The molecule has 1 atom stereocenters. The number of nitrogens with zero attached hydrogens (tertiary/aromatic N) is 1. The fourth-order valence-electron chi connectivity index (χ4n) is 2.94. The minimum atomic E-state index is -3.53. The number of aryl methyl sites for hydroxylation is 1. The molecule has 3 rings (SSSR count). The molecule has 0 unspecified atom stereocenters. The molecule has 0 aliphatic carbocycles. The molecule has 28 heavy (non-hydrogen) atoms. The molecule has 0 fully saturated rings. The number of sulfonamides is 1. The van der Waals surface area contributed by atoms with Gasteiger partial charge in [-0.2, -0.15) is 0 Å². The van der Waals surface area contributed by atoms with Crippen molar-refractivity contribution in [2.24, 2.45) is 0 Å². The molecule has 150 valence electrons. The van der Waals surface area contributed by atoms with E-state index in [1.54, 1.807) is 12.1 Å². The molecule has 0 bridgehead atoms. The van der Waals surface area contributed by atoms with Crippen molar-refractivity contribution in [1.29, 1.82) is 0 Å². The topological polar surface area (TPSA) is 84.9 Å². The van der Waals surface area contributed by atoms with Crippen LogP contribution in [0.1, 0.15) is 11.1 Å². The quantitative estimate of drug-likeness (QED) is 0.712. The SMILES string of the molecule is Cc1ccc2c(c1)O[C@@H](C(=O)NCCOCc1ccccc1)CN2S(C)(=O)=O. The van der Waals surface area contributed by atoms with Crippen molar-refractivity contribution in [3.63, 3.8) is 0 Å². The highest BCUT2D eigenvalue weighted by molar-refractivity contribution is 7.92. The van der Waals surface area contributed by atoms with Gasteiger partial charge in [0.1, 0.15) is 5.75 Å². The summed E-state index contributed by atoms with van der Waals surface area (Å²) in [6.45, 7) is 2.93. The Kier molecular flexibility index (Phi) is 6.21. The van der Waals surface area contributed by atoms with Crippen molar-refractivity contribution in [1.82, 2.24) is 5.32 Å². The standard InChI is InChI=1S/C20H24N2O5S/c1-15-8-9-17-18(12-15)27-19(13-22(17)28(2,24)25)20(23)21-10-11-26-14-16-6-4-3-5-7-16/h3-9,12,19H,10-11,13-14H2,1-2H3,(H,21,23)/t19-/m1/s1. The molecule has 2 aromatic carbocycles. The van der Waals surface area contributed by atoms with Crippen LogP contribution in [-0.4, -0.2) is 46.4 Å². The van der Waals surface area contributed by atoms with Crippen LogP contribution < -0.4 is 14.4 Å². The van der Waals surface area contributed by atoms with Crippen LogP contribution >= 0.6 is 0 Å². The molecule has 0 aromatic heterocycles. The number of anilines is 1. The fraction of sp³-hybridized carbons (Fsp3) is 0.350. The molecule has 1 amide bonds. The third-order valence-electron chi connectivity index (χ3n) is 4.33. The van der Waals surface area contributed by atoms with Crippen molar-refractivity contribution in [3.05, 3.63) is 59.7 Å². The van der Waals surface area contributed by atoms with E-state index in [1.807, 2.05) is 43.3 Å². The number of benzene rings is 2. The molecule has 0 saturated carbocycles. The Bertz CT molecular complexity index is 931. The first kappa shape index (κ1) is 20.2. The van der Waals surface area contributed by atoms with Gasteiger partial charge in [-0.15, -0.1) is 0 Å². The van der Waals surface area contributed by atoms with Crippen LogP contribution in [0.5, 0.6) is 5.75 Å². The van der Waals surface area contributed by atoms with E-state index < -0.39 is 16.1 Å². The minimum Gasteiger partial charge on any atom is -0.476 e. The first-order chi connectivity index (χ1) is 13.3. The van der Waals surface area contributed by atoms with E-state index >= 15 is 0 Å². The molecular formula is C20H24N2O5S. The Morgan fingerprint density at radius 2 is 2.00 bits per heavy atom. The maximum atomic E-state index is 12.5. The molecule has 1 aliphatic rings. The van der Waals surface area contributed by atoms with E-state index in [9.17, 15) is 13.2 Å².